The molecule has 0 fully saturated rings. The molecule has 2 heterocycles. The number of amides is 1. The molecule has 226 valence electrons. The van der Waals surface area contributed by atoms with Gasteiger partial charge in [-0.2, -0.15) is 0 Å². The molecule has 1 aromatic heterocycles. The minimum Gasteiger partial charge on any atom is -0.478 e. The van der Waals surface area contributed by atoms with Crippen molar-refractivity contribution in [1.82, 2.24) is 15.4 Å². The molecule has 0 saturated heterocycles. The van der Waals surface area contributed by atoms with Crippen molar-refractivity contribution >= 4 is 52.6 Å². The van der Waals surface area contributed by atoms with E-state index in [0.29, 0.717) is 33.7 Å². The predicted octanol–water partition coefficient (Wildman–Crippen LogP) is 6.32. The maximum Gasteiger partial charge on any atom is 0.337 e. The van der Waals surface area contributed by atoms with E-state index >= 15 is 4.39 Å². The van der Waals surface area contributed by atoms with E-state index < -0.39 is 17.7 Å². The highest BCUT2D eigenvalue weighted by molar-refractivity contribution is 6.40. The molecule has 3 N–H and O–H groups in total. The fourth-order valence-electron chi connectivity index (χ4n) is 4.98. The summed E-state index contributed by atoms with van der Waals surface area (Å²) in [7, 11) is 3.37. The lowest BCUT2D eigenvalue weighted by Gasteiger charge is -2.31. The molecule has 1 aliphatic rings. The van der Waals surface area contributed by atoms with Crippen molar-refractivity contribution in [2.45, 2.75) is 13.1 Å². The van der Waals surface area contributed by atoms with Crippen LogP contribution in [-0.4, -0.2) is 54.1 Å². The number of hydrogen-bond donors (Lipinski definition) is 3. The van der Waals surface area contributed by atoms with Crippen LogP contribution in [0.4, 0.5) is 10.1 Å². The molecule has 44 heavy (non-hydrogen) atoms. The van der Waals surface area contributed by atoms with Crippen LogP contribution in [0, 0.1) is 11.2 Å². The van der Waals surface area contributed by atoms with Gasteiger partial charge in [0, 0.05) is 54.8 Å². The summed E-state index contributed by atoms with van der Waals surface area (Å²) in [6.07, 6.45) is 4.16. The first-order chi connectivity index (χ1) is 21.1. The Bertz CT molecular complexity index is 1770. The van der Waals surface area contributed by atoms with E-state index in [1.165, 1.54) is 17.2 Å². The Morgan fingerprint density at radius 3 is 2.57 bits per heavy atom. The molecule has 0 radical (unpaired) electrons. The number of carbonyl (C=O) groups excluding carboxylic acids is 1. The molecule has 0 unspecified atom stereocenters. The number of halogens is 3. The summed E-state index contributed by atoms with van der Waals surface area (Å²) in [6.45, 7) is 0.175. The van der Waals surface area contributed by atoms with Gasteiger partial charge in [-0.15, -0.1) is 0 Å². The summed E-state index contributed by atoms with van der Waals surface area (Å²) in [5, 5.41) is 24.4. The number of carboxylic acid groups (broad SMARTS) is 1. The van der Waals surface area contributed by atoms with Gasteiger partial charge in [-0.05, 0) is 29.8 Å². The molecule has 0 atom stereocenters. The summed E-state index contributed by atoms with van der Waals surface area (Å²) in [5.41, 5.74) is 2.93. The number of para-hydroxylation sites is 1. The Hall–Kier alpha value is -4.87. The first-order valence-electron chi connectivity index (χ1n) is 13.2. The zero-order chi connectivity index (χ0) is 31.5. The number of anilines is 1. The molecule has 0 spiro atoms. The van der Waals surface area contributed by atoms with Gasteiger partial charge in [-0.1, -0.05) is 46.6 Å². The second-order valence-corrected chi connectivity index (χ2v) is 10.7. The Morgan fingerprint density at radius 2 is 1.93 bits per heavy atom. The van der Waals surface area contributed by atoms with Crippen LogP contribution in [0.1, 0.15) is 37.5 Å². The Labute approximate surface area is 261 Å². The van der Waals surface area contributed by atoms with Gasteiger partial charge in [0.1, 0.15) is 23.5 Å². The monoisotopic (exact) mass is 637 g/mol. The third-order valence-electron chi connectivity index (χ3n) is 7.06. The second-order valence-electron chi connectivity index (χ2n) is 9.92. The largest absolute Gasteiger partial charge is 0.478 e. The number of nitrogens with zero attached hydrogens (tertiary/aromatic N) is 3. The Balaban J connectivity index is 1.47. The van der Waals surface area contributed by atoms with Gasteiger partial charge >= 0.3 is 5.97 Å². The van der Waals surface area contributed by atoms with E-state index in [1.54, 1.807) is 61.6 Å². The molecule has 13 heteroatoms. The fraction of sp³-hybridized carbons (Fsp3) is 0.161. The van der Waals surface area contributed by atoms with Crippen LogP contribution in [0.15, 0.2) is 65.5 Å². The molecule has 3 aromatic carbocycles. The van der Waals surface area contributed by atoms with E-state index in [0.717, 1.165) is 12.3 Å². The lowest BCUT2D eigenvalue weighted by Crippen LogP contribution is -2.37. The minimum atomic E-state index is -1.28. The van der Waals surface area contributed by atoms with Crippen LogP contribution >= 0.6 is 23.2 Å². The average molecular weight is 638 g/mol. The smallest absolute Gasteiger partial charge is 0.337 e. The van der Waals surface area contributed by atoms with Crippen LogP contribution in [0.3, 0.4) is 0 Å². The molecule has 0 saturated carbocycles. The number of carbonyl (C=O) groups is 2. The summed E-state index contributed by atoms with van der Waals surface area (Å²) in [4.78, 5) is 28.6. The third kappa shape index (κ3) is 5.97. The summed E-state index contributed by atoms with van der Waals surface area (Å²) < 4.78 is 26.4. The topological polar surface area (TPSA) is 132 Å². The van der Waals surface area contributed by atoms with Crippen molar-refractivity contribution in [1.29, 1.82) is 5.41 Å². The van der Waals surface area contributed by atoms with Crippen molar-refractivity contribution in [2.24, 2.45) is 0 Å². The van der Waals surface area contributed by atoms with Gasteiger partial charge in [-0.25, -0.2) is 9.18 Å². The number of ether oxygens (including phenoxy) is 1. The highest BCUT2D eigenvalue weighted by Gasteiger charge is 2.29. The number of nitrogens with one attached hydrogen (secondary N) is 2. The normalized spacial score (nSPS) is 12.8. The summed E-state index contributed by atoms with van der Waals surface area (Å²) >= 11 is 13.0. The highest BCUT2D eigenvalue weighted by atomic mass is 35.5. The number of aromatic nitrogens is 1. The van der Waals surface area contributed by atoms with Crippen LogP contribution < -0.4 is 15.0 Å². The number of carboxylic acids is 1. The van der Waals surface area contributed by atoms with Gasteiger partial charge in [-0.3, -0.25) is 4.79 Å². The molecule has 10 nitrogen and oxygen atoms in total. The summed E-state index contributed by atoms with van der Waals surface area (Å²) in [5.74, 6) is -2.13. The number of aromatic carboxylic acids is 1. The van der Waals surface area contributed by atoms with Crippen molar-refractivity contribution in [3.8, 4) is 16.9 Å². The molecule has 0 bridgehead atoms. The number of fused-ring (bicyclic) bond motifs is 1. The zero-order valence-electron chi connectivity index (χ0n) is 23.5. The maximum atomic E-state index is 15.5. The first-order valence-corrected chi connectivity index (χ1v) is 14.0. The van der Waals surface area contributed by atoms with Crippen LogP contribution in [-0.2, 0) is 13.1 Å². The second kappa shape index (κ2) is 12.8. The molecule has 1 aliphatic heterocycles. The predicted molar refractivity (Wildman–Crippen MR) is 165 cm³/mol. The van der Waals surface area contributed by atoms with Gasteiger partial charge in [0.05, 0.1) is 39.9 Å². The van der Waals surface area contributed by atoms with Crippen molar-refractivity contribution in [2.75, 3.05) is 25.7 Å². The molecule has 0 aliphatic carbocycles. The summed E-state index contributed by atoms with van der Waals surface area (Å²) in [6, 6.07) is 12.3. The molecule has 1 amide bonds. The van der Waals surface area contributed by atoms with Crippen LogP contribution in [0.5, 0.6) is 5.75 Å². The lowest BCUT2D eigenvalue weighted by atomic mass is 9.97. The van der Waals surface area contributed by atoms with Crippen LogP contribution in [0.2, 0.25) is 10.0 Å². The standard InChI is InChI=1S/C31H26Cl2FN5O5/c1-36-13-19(12-35)18-8-24(32)28(25(33)9-18)30(40)39-14-17-4-3-5-21(29(17)43-16-39)22-11-27(23(31(41)42)10-26(22)34)38(2)15-20-6-7-44-37-20/h3-13,35-36H,14-16H2,1-2H3,(H,41,42)/b19-13+,35-12?. The minimum absolute atomic E-state index is 0.0872. The van der Waals surface area contributed by atoms with Gasteiger partial charge in [0.25, 0.3) is 5.91 Å². The third-order valence-corrected chi connectivity index (χ3v) is 7.66. The van der Waals surface area contributed by atoms with Crippen molar-refractivity contribution < 1.29 is 28.3 Å². The number of hydrogen-bond acceptors (Lipinski definition) is 8. The SMILES string of the molecule is CN/C=C(\C=N)c1cc(Cl)c(C(=O)N2COc3c(cccc3-c3cc(N(C)Cc4ccon4)c(C(=O)O)cc3F)C2)c(Cl)c1. The Morgan fingerprint density at radius 1 is 1.18 bits per heavy atom. The van der Waals surface area contributed by atoms with E-state index in [2.05, 4.69) is 10.5 Å². The quantitative estimate of drug-likeness (QED) is 0.182. The lowest BCUT2D eigenvalue weighted by molar-refractivity contribution is 0.0516. The molecule has 4 aromatic rings. The van der Waals surface area contributed by atoms with E-state index in [1.807, 2.05) is 0 Å². The zero-order valence-corrected chi connectivity index (χ0v) is 25.0. The van der Waals surface area contributed by atoms with Crippen LogP contribution in [0.25, 0.3) is 16.7 Å². The van der Waals surface area contributed by atoms with E-state index in [-0.39, 0.29) is 52.2 Å². The highest BCUT2D eigenvalue weighted by Crippen LogP contribution is 2.41. The molecular formula is C31H26Cl2FN5O5. The van der Waals surface area contributed by atoms with Gasteiger partial charge in [0.15, 0.2) is 6.73 Å². The number of allylic oxidation sites excluding steroid dienone is 1. The maximum absolute atomic E-state index is 15.5. The van der Waals surface area contributed by atoms with Gasteiger partial charge in [0.2, 0.25) is 0 Å². The molecular weight excluding hydrogens is 612 g/mol. The fourth-order valence-corrected chi connectivity index (χ4v) is 5.63. The van der Waals surface area contributed by atoms with E-state index in [9.17, 15) is 14.7 Å². The Kier molecular flexibility index (Phi) is 8.88. The van der Waals surface area contributed by atoms with E-state index in [4.69, 9.17) is 37.9 Å². The van der Waals surface area contributed by atoms with Crippen molar-refractivity contribution in [3.63, 3.8) is 0 Å². The average Bonchev–Trinajstić information content (AvgIpc) is 3.51. The number of benzene rings is 3. The molecule has 5 rings (SSSR count). The first kappa shape index (κ1) is 30.6. The number of rotatable bonds is 9. The van der Waals surface area contributed by atoms with Gasteiger partial charge < -0.3 is 34.9 Å². The van der Waals surface area contributed by atoms with Crippen molar-refractivity contribution in [3.05, 3.63) is 105 Å².